The highest BCUT2D eigenvalue weighted by atomic mass is 79.9. The van der Waals surface area contributed by atoms with Crippen LogP contribution in [0.25, 0.3) is 0 Å². The van der Waals surface area contributed by atoms with Gasteiger partial charge in [-0.05, 0) is 34.5 Å². The third-order valence-corrected chi connectivity index (χ3v) is 2.81. The summed E-state index contributed by atoms with van der Waals surface area (Å²) in [6, 6.07) is 5.10. The van der Waals surface area contributed by atoms with E-state index in [2.05, 4.69) is 15.9 Å². The summed E-state index contributed by atoms with van der Waals surface area (Å²) >= 11 is 3.11. The van der Waals surface area contributed by atoms with Crippen molar-refractivity contribution >= 4 is 15.9 Å². The third-order valence-electron chi connectivity index (χ3n) is 2.20. The van der Waals surface area contributed by atoms with E-state index in [1.54, 1.807) is 32.0 Å². The number of benzene rings is 1. The van der Waals surface area contributed by atoms with E-state index in [1.165, 1.54) is 0 Å². The first-order valence-corrected chi connectivity index (χ1v) is 4.95. The quantitative estimate of drug-likeness (QED) is 0.851. The van der Waals surface area contributed by atoms with E-state index >= 15 is 0 Å². The normalized spacial score (nSPS) is 15.5. The molecule has 0 spiro atoms. The molecule has 1 N–H and O–H groups in total. The Morgan fingerprint density at radius 2 is 2.00 bits per heavy atom. The molecule has 1 aromatic carbocycles. The molecule has 0 amide bonds. The highest BCUT2D eigenvalue weighted by Crippen LogP contribution is 2.26. The lowest BCUT2D eigenvalue weighted by Crippen LogP contribution is -2.12. The van der Waals surface area contributed by atoms with E-state index in [4.69, 9.17) is 0 Å². The molecule has 2 unspecified atom stereocenters. The maximum Gasteiger partial charge on any atom is 0.140 e. The van der Waals surface area contributed by atoms with Crippen LogP contribution in [-0.4, -0.2) is 11.2 Å². The predicted octanol–water partition coefficient (Wildman–Crippen LogP) is 3.07. The summed E-state index contributed by atoms with van der Waals surface area (Å²) in [6.45, 7) is 3.46. The van der Waals surface area contributed by atoms with E-state index in [-0.39, 0.29) is 11.7 Å². The molecule has 0 bridgehead atoms. The molecule has 0 heterocycles. The zero-order chi connectivity index (χ0) is 10.0. The molecule has 72 valence electrons. The molecule has 0 saturated heterocycles. The second-order valence-electron chi connectivity index (χ2n) is 3.17. The van der Waals surface area contributed by atoms with Crippen molar-refractivity contribution in [3.63, 3.8) is 0 Å². The van der Waals surface area contributed by atoms with Crippen LogP contribution in [0.5, 0.6) is 0 Å². The number of halogens is 2. The monoisotopic (exact) mass is 246 g/mol. The van der Waals surface area contributed by atoms with Gasteiger partial charge in [0.1, 0.15) is 5.82 Å². The van der Waals surface area contributed by atoms with Gasteiger partial charge in [0.05, 0.1) is 10.6 Å². The van der Waals surface area contributed by atoms with Crippen molar-refractivity contribution in [2.24, 2.45) is 0 Å². The summed E-state index contributed by atoms with van der Waals surface area (Å²) in [6.07, 6.45) is -0.538. The molecule has 2 atom stereocenters. The SMILES string of the molecule is CC(O)C(C)c1cccc(Br)c1F. The van der Waals surface area contributed by atoms with Gasteiger partial charge < -0.3 is 5.11 Å². The van der Waals surface area contributed by atoms with Crippen molar-refractivity contribution in [1.29, 1.82) is 0 Å². The van der Waals surface area contributed by atoms with E-state index < -0.39 is 6.10 Å². The molecule has 1 aromatic rings. The van der Waals surface area contributed by atoms with Gasteiger partial charge in [-0.25, -0.2) is 4.39 Å². The lowest BCUT2D eigenvalue weighted by atomic mass is 9.96. The third kappa shape index (κ3) is 2.29. The average molecular weight is 247 g/mol. The number of aliphatic hydroxyl groups is 1. The topological polar surface area (TPSA) is 20.2 Å². The van der Waals surface area contributed by atoms with Crippen LogP contribution in [0.4, 0.5) is 4.39 Å². The van der Waals surface area contributed by atoms with Crippen molar-refractivity contribution in [1.82, 2.24) is 0 Å². The van der Waals surface area contributed by atoms with Gasteiger partial charge in [0.15, 0.2) is 0 Å². The average Bonchev–Trinajstić information content (AvgIpc) is 2.08. The maximum absolute atomic E-state index is 13.5. The molecule has 13 heavy (non-hydrogen) atoms. The van der Waals surface area contributed by atoms with Crippen LogP contribution >= 0.6 is 15.9 Å². The smallest absolute Gasteiger partial charge is 0.140 e. The first kappa shape index (κ1) is 10.7. The zero-order valence-corrected chi connectivity index (χ0v) is 9.18. The number of hydrogen-bond acceptors (Lipinski definition) is 1. The fourth-order valence-electron chi connectivity index (χ4n) is 1.13. The lowest BCUT2D eigenvalue weighted by Gasteiger charge is -2.16. The molecule has 0 radical (unpaired) electrons. The molecule has 1 nitrogen and oxygen atoms in total. The second kappa shape index (κ2) is 4.20. The van der Waals surface area contributed by atoms with Crippen molar-refractivity contribution in [3.8, 4) is 0 Å². The molecule has 0 aliphatic carbocycles. The number of hydrogen-bond donors (Lipinski definition) is 1. The van der Waals surface area contributed by atoms with Gasteiger partial charge in [0.25, 0.3) is 0 Å². The van der Waals surface area contributed by atoms with Crippen LogP contribution in [0.2, 0.25) is 0 Å². The first-order valence-electron chi connectivity index (χ1n) is 4.16. The van der Waals surface area contributed by atoms with Gasteiger partial charge in [-0.1, -0.05) is 19.1 Å². The first-order chi connectivity index (χ1) is 6.04. The lowest BCUT2D eigenvalue weighted by molar-refractivity contribution is 0.167. The van der Waals surface area contributed by atoms with Gasteiger partial charge in [-0.2, -0.15) is 0 Å². The number of aliphatic hydroxyl groups excluding tert-OH is 1. The minimum Gasteiger partial charge on any atom is -0.393 e. The summed E-state index contributed by atoms with van der Waals surface area (Å²) in [5.74, 6) is -0.464. The Bertz CT molecular complexity index is 299. The highest BCUT2D eigenvalue weighted by Gasteiger charge is 2.16. The Kier molecular flexibility index (Phi) is 3.45. The summed E-state index contributed by atoms with van der Waals surface area (Å²) in [5.41, 5.74) is 0.546. The Morgan fingerprint density at radius 1 is 1.38 bits per heavy atom. The van der Waals surface area contributed by atoms with Crippen LogP contribution in [0, 0.1) is 5.82 Å². The van der Waals surface area contributed by atoms with Gasteiger partial charge in [0, 0.05) is 5.92 Å². The highest BCUT2D eigenvalue weighted by molar-refractivity contribution is 9.10. The standard InChI is InChI=1S/C10H12BrFO/c1-6(7(2)13)8-4-3-5-9(11)10(8)12/h3-7,13H,1-2H3. The zero-order valence-electron chi connectivity index (χ0n) is 7.59. The Labute approximate surface area is 85.7 Å². The van der Waals surface area contributed by atoms with Gasteiger partial charge in [-0.15, -0.1) is 0 Å². The maximum atomic E-state index is 13.5. The summed E-state index contributed by atoms with van der Waals surface area (Å²) in [4.78, 5) is 0. The van der Waals surface area contributed by atoms with Crippen molar-refractivity contribution < 1.29 is 9.50 Å². The van der Waals surface area contributed by atoms with E-state index in [1.807, 2.05) is 0 Å². The Hall–Kier alpha value is -0.410. The molecule has 3 heteroatoms. The molecular weight excluding hydrogens is 235 g/mol. The fraction of sp³-hybridized carbons (Fsp3) is 0.400. The summed E-state index contributed by atoms with van der Waals surface area (Å²) in [5, 5.41) is 9.31. The van der Waals surface area contributed by atoms with Gasteiger partial charge in [-0.3, -0.25) is 0 Å². The molecule has 0 aliphatic rings. The number of rotatable bonds is 2. The van der Waals surface area contributed by atoms with Gasteiger partial charge in [0.2, 0.25) is 0 Å². The molecular formula is C10H12BrFO. The van der Waals surface area contributed by atoms with E-state index in [0.29, 0.717) is 10.0 Å². The Morgan fingerprint density at radius 3 is 2.54 bits per heavy atom. The van der Waals surface area contributed by atoms with Crippen molar-refractivity contribution in [3.05, 3.63) is 34.1 Å². The summed E-state index contributed by atoms with van der Waals surface area (Å²) < 4.78 is 13.9. The fourth-order valence-corrected chi connectivity index (χ4v) is 1.51. The molecule has 0 saturated carbocycles. The molecule has 0 aliphatic heterocycles. The summed E-state index contributed by atoms with van der Waals surface area (Å²) in [7, 11) is 0. The van der Waals surface area contributed by atoms with Crippen LogP contribution in [0.1, 0.15) is 25.3 Å². The molecule has 1 rings (SSSR count). The van der Waals surface area contributed by atoms with Crippen LogP contribution in [0.3, 0.4) is 0 Å². The van der Waals surface area contributed by atoms with Crippen molar-refractivity contribution in [2.45, 2.75) is 25.9 Å². The van der Waals surface area contributed by atoms with E-state index in [9.17, 15) is 9.50 Å². The molecule has 0 aromatic heterocycles. The van der Waals surface area contributed by atoms with Crippen LogP contribution in [-0.2, 0) is 0 Å². The predicted molar refractivity (Wildman–Crippen MR) is 54.2 cm³/mol. The second-order valence-corrected chi connectivity index (χ2v) is 4.03. The molecule has 0 fully saturated rings. The largest absolute Gasteiger partial charge is 0.393 e. The van der Waals surface area contributed by atoms with E-state index in [0.717, 1.165) is 0 Å². The van der Waals surface area contributed by atoms with Crippen molar-refractivity contribution in [2.75, 3.05) is 0 Å². The minimum atomic E-state index is -0.538. The Balaban J connectivity index is 3.07. The van der Waals surface area contributed by atoms with Gasteiger partial charge >= 0.3 is 0 Å². The minimum absolute atomic E-state index is 0.183. The van der Waals surface area contributed by atoms with Crippen LogP contribution < -0.4 is 0 Å². The van der Waals surface area contributed by atoms with Crippen LogP contribution in [0.15, 0.2) is 22.7 Å².